The zero-order valence-electron chi connectivity index (χ0n) is 14.3. The van der Waals surface area contributed by atoms with Crippen molar-refractivity contribution in [3.63, 3.8) is 0 Å². The lowest BCUT2D eigenvalue weighted by Crippen LogP contribution is -2.29. The molecule has 0 spiro atoms. The quantitative estimate of drug-likeness (QED) is 0.465. The van der Waals surface area contributed by atoms with Crippen LogP contribution in [-0.2, 0) is 16.1 Å². The Kier molecular flexibility index (Phi) is 5.89. The number of hydrazone groups is 1. The third-order valence-electron chi connectivity index (χ3n) is 3.55. The number of hydrogen-bond acceptors (Lipinski definition) is 5. The number of amides is 1. The summed E-state index contributed by atoms with van der Waals surface area (Å²) < 4.78 is 6.29. The first-order valence-corrected chi connectivity index (χ1v) is 7.77. The van der Waals surface area contributed by atoms with Crippen molar-refractivity contribution in [2.75, 3.05) is 6.61 Å². The zero-order valence-corrected chi connectivity index (χ0v) is 14.3. The highest BCUT2D eigenvalue weighted by Crippen LogP contribution is 2.17. The summed E-state index contributed by atoms with van der Waals surface area (Å²) in [6.07, 6.45) is 2.94. The molecule has 2 heterocycles. The molecule has 1 amide bonds. The van der Waals surface area contributed by atoms with Gasteiger partial charge in [0, 0.05) is 18.0 Å². The number of pyridine rings is 1. The van der Waals surface area contributed by atoms with Gasteiger partial charge in [-0.05, 0) is 32.4 Å². The molecule has 2 rings (SSSR count). The Morgan fingerprint density at radius 1 is 1.36 bits per heavy atom. The first-order valence-electron chi connectivity index (χ1n) is 7.77. The van der Waals surface area contributed by atoms with Crippen molar-refractivity contribution < 1.29 is 14.3 Å². The lowest BCUT2D eigenvalue weighted by molar-refractivity contribution is -0.121. The Morgan fingerprint density at radius 2 is 2.12 bits per heavy atom. The third-order valence-corrected chi connectivity index (χ3v) is 3.55. The maximum Gasteiger partial charge on any atom is 0.340 e. The van der Waals surface area contributed by atoms with Gasteiger partial charge in [-0.1, -0.05) is 6.07 Å². The van der Waals surface area contributed by atoms with Gasteiger partial charge < -0.3 is 14.3 Å². The first-order chi connectivity index (χ1) is 11.9. The Bertz CT molecular complexity index is 864. The number of aromatic amines is 1. The summed E-state index contributed by atoms with van der Waals surface area (Å²) in [5.74, 6) is -0.836. The van der Waals surface area contributed by atoms with Crippen molar-refractivity contribution in [1.82, 2.24) is 15.0 Å². The number of aryl methyl sites for hydroxylation is 1. The van der Waals surface area contributed by atoms with Crippen LogP contribution in [0.15, 0.2) is 34.3 Å². The van der Waals surface area contributed by atoms with Crippen LogP contribution in [0.1, 0.15) is 34.2 Å². The predicted octanol–water partition coefficient (Wildman–Crippen LogP) is 1.12. The number of hydrogen-bond donors (Lipinski definition) is 2. The second-order valence-corrected chi connectivity index (χ2v) is 5.34. The molecule has 8 nitrogen and oxygen atoms in total. The van der Waals surface area contributed by atoms with E-state index in [1.165, 1.54) is 23.0 Å². The molecule has 2 aromatic heterocycles. The van der Waals surface area contributed by atoms with Gasteiger partial charge in [-0.15, -0.1) is 0 Å². The van der Waals surface area contributed by atoms with Crippen LogP contribution in [0.4, 0.5) is 0 Å². The van der Waals surface area contributed by atoms with E-state index in [-0.39, 0.29) is 12.1 Å². The summed E-state index contributed by atoms with van der Waals surface area (Å²) in [6.45, 7) is 5.43. The molecular weight excluding hydrogens is 324 g/mol. The SMILES string of the molecule is CCOC(=O)c1c(C)[nH]c(/C=N/NC(=O)Cn2ccccc2=O)c1C. The Morgan fingerprint density at radius 3 is 2.80 bits per heavy atom. The third kappa shape index (κ3) is 4.43. The van der Waals surface area contributed by atoms with Gasteiger partial charge in [0.25, 0.3) is 11.5 Å². The number of aromatic nitrogens is 2. The molecule has 0 atom stereocenters. The van der Waals surface area contributed by atoms with Crippen LogP contribution in [0, 0.1) is 13.8 Å². The highest BCUT2D eigenvalue weighted by molar-refractivity contribution is 5.96. The van der Waals surface area contributed by atoms with Crippen molar-refractivity contribution in [2.24, 2.45) is 5.10 Å². The molecule has 0 aliphatic heterocycles. The van der Waals surface area contributed by atoms with Gasteiger partial charge in [0.05, 0.1) is 24.1 Å². The minimum Gasteiger partial charge on any atom is -0.462 e. The number of carbonyl (C=O) groups excluding carboxylic acids is 2. The summed E-state index contributed by atoms with van der Waals surface area (Å²) in [4.78, 5) is 38.3. The van der Waals surface area contributed by atoms with Crippen molar-refractivity contribution in [1.29, 1.82) is 0 Å². The monoisotopic (exact) mass is 344 g/mol. The van der Waals surface area contributed by atoms with E-state index in [1.54, 1.807) is 32.9 Å². The van der Waals surface area contributed by atoms with E-state index in [2.05, 4.69) is 15.5 Å². The van der Waals surface area contributed by atoms with Gasteiger partial charge in [-0.2, -0.15) is 5.10 Å². The summed E-state index contributed by atoms with van der Waals surface area (Å²) in [6, 6.07) is 4.64. The van der Waals surface area contributed by atoms with E-state index in [0.717, 1.165) is 0 Å². The molecule has 8 heteroatoms. The molecule has 0 bridgehead atoms. The van der Waals surface area contributed by atoms with Crippen LogP contribution in [0.25, 0.3) is 0 Å². The molecule has 0 aliphatic carbocycles. The molecule has 0 aromatic carbocycles. The fourth-order valence-corrected chi connectivity index (χ4v) is 2.36. The van der Waals surface area contributed by atoms with Crippen LogP contribution in [-0.4, -0.2) is 34.2 Å². The van der Waals surface area contributed by atoms with Gasteiger partial charge in [-0.3, -0.25) is 9.59 Å². The smallest absolute Gasteiger partial charge is 0.340 e. The van der Waals surface area contributed by atoms with Gasteiger partial charge in [0.15, 0.2) is 0 Å². The number of ether oxygens (including phenoxy) is 1. The highest BCUT2D eigenvalue weighted by atomic mass is 16.5. The maximum atomic E-state index is 11.9. The molecule has 25 heavy (non-hydrogen) atoms. The van der Waals surface area contributed by atoms with Crippen molar-refractivity contribution in [3.05, 3.63) is 57.3 Å². The van der Waals surface area contributed by atoms with Crippen LogP contribution in [0.5, 0.6) is 0 Å². The molecule has 0 unspecified atom stereocenters. The number of rotatable bonds is 6. The van der Waals surface area contributed by atoms with E-state index in [0.29, 0.717) is 29.1 Å². The van der Waals surface area contributed by atoms with E-state index in [4.69, 9.17) is 4.74 Å². The van der Waals surface area contributed by atoms with Gasteiger partial charge >= 0.3 is 5.97 Å². The van der Waals surface area contributed by atoms with Crippen molar-refractivity contribution in [2.45, 2.75) is 27.3 Å². The Labute approximate surface area is 144 Å². The van der Waals surface area contributed by atoms with Crippen LogP contribution in [0.2, 0.25) is 0 Å². The lowest BCUT2D eigenvalue weighted by Gasteiger charge is -2.03. The summed E-state index contributed by atoms with van der Waals surface area (Å²) in [7, 11) is 0. The minimum absolute atomic E-state index is 0.131. The Balaban J connectivity index is 2.04. The number of nitrogens with one attached hydrogen (secondary N) is 2. The molecular formula is C17H20N4O4. The summed E-state index contributed by atoms with van der Waals surface area (Å²) in [5.41, 5.74) is 4.50. The molecule has 0 saturated carbocycles. The van der Waals surface area contributed by atoms with E-state index >= 15 is 0 Å². The molecule has 0 radical (unpaired) electrons. The normalized spacial score (nSPS) is 10.8. The van der Waals surface area contributed by atoms with Gasteiger partial charge in [-0.25, -0.2) is 10.2 Å². The molecule has 0 aliphatic rings. The topological polar surface area (TPSA) is 106 Å². The second-order valence-electron chi connectivity index (χ2n) is 5.34. The highest BCUT2D eigenvalue weighted by Gasteiger charge is 2.18. The molecule has 0 fully saturated rings. The van der Waals surface area contributed by atoms with Crippen LogP contribution >= 0.6 is 0 Å². The maximum absolute atomic E-state index is 11.9. The average Bonchev–Trinajstić information content (AvgIpc) is 2.84. The fraction of sp³-hybridized carbons (Fsp3) is 0.294. The van der Waals surface area contributed by atoms with Gasteiger partial charge in [0.2, 0.25) is 0 Å². The lowest BCUT2D eigenvalue weighted by atomic mass is 10.1. The van der Waals surface area contributed by atoms with Crippen LogP contribution < -0.4 is 11.0 Å². The number of esters is 1. The van der Waals surface area contributed by atoms with E-state index in [9.17, 15) is 14.4 Å². The fourth-order valence-electron chi connectivity index (χ4n) is 2.36. The summed E-state index contributed by atoms with van der Waals surface area (Å²) >= 11 is 0. The second kappa shape index (κ2) is 8.09. The average molecular weight is 344 g/mol. The number of H-pyrrole nitrogens is 1. The van der Waals surface area contributed by atoms with Crippen molar-refractivity contribution in [3.8, 4) is 0 Å². The summed E-state index contributed by atoms with van der Waals surface area (Å²) in [5, 5.41) is 3.86. The largest absolute Gasteiger partial charge is 0.462 e. The van der Waals surface area contributed by atoms with Gasteiger partial charge in [0.1, 0.15) is 6.54 Å². The standard InChI is InChI=1S/C17H20N4O4/c1-4-25-17(24)16-11(2)13(19-12(16)3)9-18-20-14(22)10-21-8-6-5-7-15(21)23/h5-9,19H,4,10H2,1-3H3,(H,20,22)/b18-9+. The molecule has 132 valence electrons. The van der Waals surface area contributed by atoms with Crippen LogP contribution in [0.3, 0.4) is 0 Å². The Hall–Kier alpha value is -3.16. The molecule has 2 N–H and O–H groups in total. The number of carbonyl (C=O) groups is 2. The minimum atomic E-state index is -0.434. The zero-order chi connectivity index (χ0) is 18.4. The first kappa shape index (κ1) is 18.2. The number of nitrogens with zero attached hydrogens (tertiary/aromatic N) is 2. The predicted molar refractivity (Wildman–Crippen MR) is 92.7 cm³/mol. The van der Waals surface area contributed by atoms with E-state index < -0.39 is 11.9 Å². The molecule has 2 aromatic rings. The molecule has 0 saturated heterocycles. The van der Waals surface area contributed by atoms with Crippen molar-refractivity contribution >= 4 is 18.1 Å². The van der Waals surface area contributed by atoms with E-state index in [1.807, 2.05) is 0 Å².